The Morgan fingerprint density at radius 1 is 1.24 bits per heavy atom. The van der Waals surface area contributed by atoms with Crippen molar-refractivity contribution in [3.05, 3.63) is 59.3 Å². The number of aromatic nitrogens is 1. The molecule has 0 aliphatic carbocycles. The van der Waals surface area contributed by atoms with Crippen molar-refractivity contribution in [3.63, 3.8) is 0 Å². The number of alkyl halides is 3. The van der Waals surface area contributed by atoms with E-state index in [1.54, 1.807) is 6.07 Å². The molecule has 0 aliphatic rings. The van der Waals surface area contributed by atoms with Gasteiger partial charge in [-0.1, -0.05) is 12.1 Å². The number of benzene rings is 1. The van der Waals surface area contributed by atoms with Crippen molar-refractivity contribution >= 4 is 11.8 Å². The highest BCUT2D eigenvalue weighted by atomic mass is 19.4. The minimum Gasteiger partial charge on any atom is -0.478 e. The first-order chi connectivity index (χ1) is 9.86. The number of anilines is 1. The standard InChI is InChI=1S/C14H11F3N2O2/c15-14(16,17)11-3-1-2-9(6-11)8-19-12-7-10(13(20)21)4-5-18-12/h1-7H,8H2,(H,18,19)(H,20,21). The molecule has 4 nitrogen and oxygen atoms in total. The van der Waals surface area contributed by atoms with Crippen LogP contribution in [0.2, 0.25) is 0 Å². The normalized spacial score (nSPS) is 11.2. The molecule has 1 aromatic carbocycles. The Morgan fingerprint density at radius 2 is 2.00 bits per heavy atom. The van der Waals surface area contributed by atoms with E-state index >= 15 is 0 Å². The maximum absolute atomic E-state index is 12.6. The quantitative estimate of drug-likeness (QED) is 0.907. The highest BCUT2D eigenvalue weighted by Gasteiger charge is 2.30. The smallest absolute Gasteiger partial charge is 0.416 e. The molecule has 0 amide bonds. The Labute approximate surface area is 118 Å². The van der Waals surface area contributed by atoms with Crippen LogP contribution in [0, 0.1) is 0 Å². The van der Waals surface area contributed by atoms with Crippen LogP contribution in [0.3, 0.4) is 0 Å². The van der Waals surface area contributed by atoms with Crippen LogP contribution < -0.4 is 5.32 Å². The van der Waals surface area contributed by atoms with E-state index in [0.717, 1.165) is 12.1 Å². The zero-order valence-corrected chi connectivity index (χ0v) is 10.7. The lowest BCUT2D eigenvalue weighted by atomic mass is 10.1. The molecule has 0 radical (unpaired) electrons. The number of hydrogen-bond acceptors (Lipinski definition) is 3. The summed E-state index contributed by atoms with van der Waals surface area (Å²) in [5, 5.41) is 11.6. The molecule has 21 heavy (non-hydrogen) atoms. The third-order valence-electron chi connectivity index (χ3n) is 2.73. The van der Waals surface area contributed by atoms with Crippen LogP contribution in [0.15, 0.2) is 42.6 Å². The Kier molecular flexibility index (Phi) is 4.11. The Morgan fingerprint density at radius 3 is 2.67 bits per heavy atom. The zero-order chi connectivity index (χ0) is 15.5. The van der Waals surface area contributed by atoms with Gasteiger partial charge in [-0.15, -0.1) is 0 Å². The van der Waals surface area contributed by atoms with Crippen LogP contribution in [0.4, 0.5) is 19.0 Å². The highest BCUT2D eigenvalue weighted by molar-refractivity contribution is 5.88. The van der Waals surface area contributed by atoms with Crippen LogP contribution in [-0.4, -0.2) is 16.1 Å². The lowest BCUT2D eigenvalue weighted by molar-refractivity contribution is -0.137. The molecule has 1 aromatic heterocycles. The summed E-state index contributed by atoms with van der Waals surface area (Å²) in [6, 6.07) is 7.54. The largest absolute Gasteiger partial charge is 0.478 e. The molecule has 110 valence electrons. The Hall–Kier alpha value is -2.57. The molecule has 0 saturated heterocycles. The van der Waals surface area contributed by atoms with Crippen molar-refractivity contribution in [2.75, 3.05) is 5.32 Å². The van der Waals surface area contributed by atoms with E-state index in [1.807, 2.05) is 0 Å². The first-order valence-electron chi connectivity index (χ1n) is 5.95. The monoisotopic (exact) mass is 296 g/mol. The van der Waals surface area contributed by atoms with Crippen molar-refractivity contribution in [3.8, 4) is 0 Å². The maximum atomic E-state index is 12.6. The van der Waals surface area contributed by atoms with Gasteiger partial charge in [0.05, 0.1) is 11.1 Å². The molecule has 0 bridgehead atoms. The van der Waals surface area contributed by atoms with E-state index < -0.39 is 17.7 Å². The SMILES string of the molecule is O=C(O)c1ccnc(NCc2cccc(C(F)(F)F)c2)c1. The molecule has 0 unspecified atom stereocenters. The molecule has 0 aliphatic heterocycles. The molecule has 0 spiro atoms. The minimum absolute atomic E-state index is 0.0524. The molecule has 0 atom stereocenters. The second-order valence-corrected chi connectivity index (χ2v) is 4.29. The van der Waals surface area contributed by atoms with Gasteiger partial charge in [-0.25, -0.2) is 9.78 Å². The second kappa shape index (κ2) is 5.82. The first kappa shape index (κ1) is 14.8. The first-order valence-corrected chi connectivity index (χ1v) is 5.95. The predicted octanol–water partition coefficient (Wildman–Crippen LogP) is 3.41. The molecule has 2 aromatic rings. The summed E-state index contributed by atoms with van der Waals surface area (Å²) in [7, 11) is 0. The third kappa shape index (κ3) is 3.95. The summed E-state index contributed by atoms with van der Waals surface area (Å²) in [6.45, 7) is 0.111. The molecule has 7 heteroatoms. The van der Waals surface area contributed by atoms with E-state index in [9.17, 15) is 18.0 Å². The summed E-state index contributed by atoms with van der Waals surface area (Å²) in [6.07, 6.45) is -3.07. The molecule has 0 fully saturated rings. The Balaban J connectivity index is 2.10. The van der Waals surface area contributed by atoms with Gasteiger partial charge in [-0.05, 0) is 29.8 Å². The zero-order valence-electron chi connectivity index (χ0n) is 10.7. The fraction of sp³-hybridized carbons (Fsp3) is 0.143. The van der Waals surface area contributed by atoms with Crippen molar-refractivity contribution < 1.29 is 23.1 Å². The van der Waals surface area contributed by atoms with Gasteiger partial charge in [0.1, 0.15) is 5.82 Å². The number of nitrogens with zero attached hydrogens (tertiary/aromatic N) is 1. The van der Waals surface area contributed by atoms with Gasteiger partial charge in [0.15, 0.2) is 0 Å². The number of carboxylic acids is 1. The number of halogens is 3. The van der Waals surface area contributed by atoms with E-state index in [0.29, 0.717) is 5.56 Å². The average molecular weight is 296 g/mol. The van der Waals surface area contributed by atoms with E-state index in [-0.39, 0.29) is 17.9 Å². The number of carbonyl (C=O) groups is 1. The van der Waals surface area contributed by atoms with Crippen LogP contribution in [0.1, 0.15) is 21.5 Å². The van der Waals surface area contributed by atoms with E-state index in [2.05, 4.69) is 10.3 Å². The number of aromatic carboxylic acids is 1. The topological polar surface area (TPSA) is 62.2 Å². The van der Waals surface area contributed by atoms with Gasteiger partial charge in [-0.2, -0.15) is 13.2 Å². The number of rotatable bonds is 4. The van der Waals surface area contributed by atoms with Gasteiger partial charge in [0, 0.05) is 12.7 Å². The van der Waals surface area contributed by atoms with Gasteiger partial charge in [0.25, 0.3) is 0 Å². The number of pyridine rings is 1. The van der Waals surface area contributed by atoms with E-state index in [1.165, 1.54) is 24.4 Å². The van der Waals surface area contributed by atoms with Crippen molar-refractivity contribution in [1.29, 1.82) is 0 Å². The summed E-state index contributed by atoms with van der Waals surface area (Å²) in [5.41, 5.74) is -0.252. The van der Waals surface area contributed by atoms with Crippen molar-refractivity contribution in [2.45, 2.75) is 12.7 Å². The number of nitrogens with one attached hydrogen (secondary N) is 1. The van der Waals surface area contributed by atoms with Gasteiger partial charge >= 0.3 is 12.1 Å². The van der Waals surface area contributed by atoms with Gasteiger partial charge in [0.2, 0.25) is 0 Å². The molecule has 0 saturated carbocycles. The second-order valence-electron chi connectivity index (χ2n) is 4.29. The average Bonchev–Trinajstić information content (AvgIpc) is 2.45. The van der Waals surface area contributed by atoms with Crippen LogP contribution in [0.5, 0.6) is 0 Å². The molecule has 2 rings (SSSR count). The third-order valence-corrected chi connectivity index (χ3v) is 2.73. The fourth-order valence-electron chi connectivity index (χ4n) is 1.71. The van der Waals surface area contributed by atoms with Crippen LogP contribution >= 0.6 is 0 Å². The summed E-state index contributed by atoms with van der Waals surface area (Å²) < 4.78 is 37.7. The maximum Gasteiger partial charge on any atom is 0.416 e. The van der Waals surface area contributed by atoms with E-state index in [4.69, 9.17) is 5.11 Å². The predicted molar refractivity (Wildman–Crippen MR) is 70.0 cm³/mol. The van der Waals surface area contributed by atoms with Crippen LogP contribution in [-0.2, 0) is 12.7 Å². The molecule has 1 heterocycles. The fourth-order valence-corrected chi connectivity index (χ4v) is 1.71. The summed E-state index contributed by atoms with van der Waals surface area (Å²) in [4.78, 5) is 14.7. The molecule has 2 N–H and O–H groups in total. The van der Waals surface area contributed by atoms with Gasteiger partial charge in [-0.3, -0.25) is 0 Å². The molecular weight excluding hydrogens is 285 g/mol. The number of hydrogen-bond donors (Lipinski definition) is 2. The molecular formula is C14H11F3N2O2. The highest BCUT2D eigenvalue weighted by Crippen LogP contribution is 2.29. The number of carboxylic acid groups (broad SMARTS) is 1. The van der Waals surface area contributed by atoms with Crippen molar-refractivity contribution in [1.82, 2.24) is 4.98 Å². The Bertz CT molecular complexity index is 657. The lowest BCUT2D eigenvalue weighted by Crippen LogP contribution is -2.07. The lowest BCUT2D eigenvalue weighted by Gasteiger charge is -2.10. The minimum atomic E-state index is -4.39. The summed E-state index contributed by atoms with van der Waals surface area (Å²) in [5.74, 6) is -0.813. The van der Waals surface area contributed by atoms with Crippen LogP contribution in [0.25, 0.3) is 0 Å². The van der Waals surface area contributed by atoms with Gasteiger partial charge < -0.3 is 10.4 Å². The van der Waals surface area contributed by atoms with Crippen molar-refractivity contribution in [2.24, 2.45) is 0 Å². The summed E-state index contributed by atoms with van der Waals surface area (Å²) >= 11 is 0.